The van der Waals surface area contributed by atoms with Gasteiger partial charge in [0.2, 0.25) is 17.7 Å². The van der Waals surface area contributed by atoms with Crippen LogP contribution in [0.5, 0.6) is 5.75 Å². The van der Waals surface area contributed by atoms with E-state index in [-0.39, 0.29) is 36.2 Å². The molecule has 2 aliphatic heterocycles. The Morgan fingerprint density at radius 3 is 2.33 bits per heavy atom. The Morgan fingerprint density at radius 1 is 0.894 bits per heavy atom. The second kappa shape index (κ2) is 18.1. The van der Waals surface area contributed by atoms with Gasteiger partial charge in [-0.15, -0.1) is 0 Å². The molecule has 0 radical (unpaired) electrons. The van der Waals surface area contributed by atoms with E-state index in [0.29, 0.717) is 24.2 Å². The number of piperazine rings is 1. The van der Waals surface area contributed by atoms with E-state index < -0.39 is 40.7 Å². The topological polar surface area (TPSA) is 203 Å². The summed E-state index contributed by atoms with van der Waals surface area (Å²) in [4.78, 5) is 65.9. The van der Waals surface area contributed by atoms with Gasteiger partial charge in [0.1, 0.15) is 5.65 Å². The first-order valence-corrected chi connectivity index (χ1v) is 22.0. The minimum atomic E-state index is -1.78. The summed E-state index contributed by atoms with van der Waals surface area (Å²) < 4.78 is 45.9. The van der Waals surface area contributed by atoms with Gasteiger partial charge in [0, 0.05) is 87.7 Å². The van der Waals surface area contributed by atoms with E-state index in [1.54, 1.807) is 15.6 Å². The molecular weight excluding hydrogens is 860 g/mol. The van der Waals surface area contributed by atoms with Crippen LogP contribution in [0.25, 0.3) is 22.3 Å². The van der Waals surface area contributed by atoms with E-state index >= 15 is 0 Å². The predicted molar refractivity (Wildman–Crippen MR) is 235 cm³/mol. The molecule has 66 heavy (non-hydrogen) atoms. The zero-order chi connectivity index (χ0) is 46.2. The fourth-order valence-electron chi connectivity index (χ4n) is 9.92. The van der Waals surface area contributed by atoms with Crippen molar-refractivity contribution < 1.29 is 42.6 Å². The van der Waals surface area contributed by atoms with Crippen molar-refractivity contribution in [3.63, 3.8) is 0 Å². The number of hydrogen-bond acceptors (Lipinski definition) is 11. The number of phenolic OH excluding ortho intramolecular Hbond substituents is 1. The fourth-order valence-corrected chi connectivity index (χ4v) is 9.92. The van der Waals surface area contributed by atoms with Crippen LogP contribution in [0.15, 0.2) is 67.5 Å². The summed E-state index contributed by atoms with van der Waals surface area (Å²) in [6.45, 7) is 4.82. The molecule has 5 aromatic heterocycles. The van der Waals surface area contributed by atoms with Crippen LogP contribution in [0, 0.1) is 22.9 Å². The summed E-state index contributed by atoms with van der Waals surface area (Å²) >= 11 is 0. The quantitative estimate of drug-likeness (QED) is 0.0943. The zero-order valence-electron chi connectivity index (χ0n) is 35.9. The van der Waals surface area contributed by atoms with Crippen LogP contribution in [-0.4, -0.2) is 114 Å². The second-order valence-electron chi connectivity index (χ2n) is 17.6. The molecule has 1 aromatic carbocycles. The lowest BCUT2D eigenvalue weighted by atomic mass is 9.53. The molecule has 344 valence electrons. The van der Waals surface area contributed by atoms with Crippen LogP contribution in [-0.2, 0) is 21.4 Å². The number of halogens is 3. The van der Waals surface area contributed by atoms with Crippen molar-refractivity contribution in [1.29, 1.82) is 0 Å². The third-order valence-electron chi connectivity index (χ3n) is 13.9. The molecule has 11 rings (SSSR count). The number of amides is 4. The van der Waals surface area contributed by atoms with Crippen molar-refractivity contribution in [2.75, 3.05) is 55.6 Å². The lowest BCUT2D eigenvalue weighted by Gasteiger charge is -2.53. The zero-order valence-corrected chi connectivity index (χ0v) is 35.9. The lowest BCUT2D eigenvalue weighted by molar-refractivity contribution is -0.123. The van der Waals surface area contributed by atoms with E-state index in [1.807, 2.05) is 41.3 Å². The number of imidazole rings is 1. The van der Waals surface area contributed by atoms with Crippen molar-refractivity contribution in [2.45, 2.75) is 63.2 Å². The number of hydrogen-bond donors (Lipinski definition) is 4. The van der Waals surface area contributed by atoms with Crippen molar-refractivity contribution >= 4 is 47.1 Å². The Kier molecular flexibility index (Phi) is 12.1. The van der Waals surface area contributed by atoms with Gasteiger partial charge in [-0.3, -0.25) is 29.5 Å². The van der Waals surface area contributed by atoms with Crippen molar-refractivity contribution in [2.24, 2.45) is 5.41 Å². The SMILES string of the molecule is O=C1CCN(c2cnn3cc(CCCN4CCN(c5ncc(-c6ccn7cc(C89CCC(CNC(=O)c%10cc(F)c(O)c(F)c%10F)(CC8)CC9)nc7c6)cn5)CC4)ccc23)C(=O)N1.O=CO. The Balaban J connectivity index is 0.00000178. The molecule has 4 amide bonds. The maximum atomic E-state index is 14.3. The predicted octanol–water partition coefficient (Wildman–Crippen LogP) is 5.49. The van der Waals surface area contributed by atoms with Crippen LogP contribution >= 0.6 is 0 Å². The van der Waals surface area contributed by atoms with Crippen LogP contribution in [0.3, 0.4) is 0 Å². The number of nitrogens with one attached hydrogen (secondary N) is 2. The summed E-state index contributed by atoms with van der Waals surface area (Å²) in [5.74, 6) is -6.64. The number of aromatic hydroxyl groups is 1. The van der Waals surface area contributed by atoms with Gasteiger partial charge in [-0.2, -0.15) is 9.49 Å². The highest BCUT2D eigenvalue weighted by Crippen LogP contribution is 2.57. The second-order valence-corrected chi connectivity index (χ2v) is 17.6. The number of carboxylic acid groups (broad SMARTS) is 1. The number of rotatable bonds is 11. The molecule has 3 saturated carbocycles. The number of nitrogens with zero attached hydrogens (tertiary/aromatic N) is 9. The maximum Gasteiger partial charge on any atom is 0.328 e. The van der Waals surface area contributed by atoms with E-state index in [1.165, 1.54) is 0 Å². The van der Waals surface area contributed by atoms with Crippen LogP contribution < -0.4 is 20.4 Å². The standard InChI is InChI=1S/C45H46F3N11O4.CH2O2/c46-32-21-31(38(47)39(48)40(32)61)41(62)51-27-44-7-10-45(11-8-44,12-9-44)35-26-57-14-5-29(20-36(57)53-35)30-22-49-42(50-23-30)56-18-16-55(17-19-56)13-1-2-28-3-4-33-34(24-52-59(33)25-28)58-15-6-37(60)54-43(58)63;2-1-3/h3-5,14,20-26,61H,1-2,6-13,15-19,27H2,(H,51,62)(H,54,60,63);1H,(H,2,3). The average Bonchev–Trinajstić information content (AvgIpc) is 3.97. The minimum absolute atomic E-state index is 0.0938. The number of carbonyl (C=O) groups is 4. The highest BCUT2D eigenvalue weighted by Gasteiger charge is 2.50. The number of aromatic nitrogens is 6. The smallest absolute Gasteiger partial charge is 0.328 e. The number of anilines is 2. The maximum absolute atomic E-state index is 14.3. The molecule has 5 aliphatic rings. The molecule has 5 fully saturated rings. The molecule has 0 unspecified atom stereocenters. The lowest BCUT2D eigenvalue weighted by Crippen LogP contribution is -2.49. The Bertz CT molecular complexity index is 2800. The van der Waals surface area contributed by atoms with Gasteiger partial charge in [0.15, 0.2) is 17.4 Å². The largest absolute Gasteiger partial charge is 0.503 e. The van der Waals surface area contributed by atoms with Gasteiger partial charge < -0.3 is 24.8 Å². The van der Waals surface area contributed by atoms with E-state index in [0.717, 1.165) is 118 Å². The molecule has 3 aliphatic carbocycles. The highest BCUT2D eigenvalue weighted by molar-refractivity contribution is 6.07. The summed E-state index contributed by atoms with van der Waals surface area (Å²) in [5, 5.41) is 25.8. The number of aryl methyl sites for hydroxylation is 1. The first-order valence-electron chi connectivity index (χ1n) is 22.0. The number of benzene rings is 1. The minimum Gasteiger partial charge on any atom is -0.503 e. The monoisotopic (exact) mass is 907 g/mol. The average molecular weight is 908 g/mol. The fraction of sp³-hybridized carbons (Fsp3) is 0.391. The van der Waals surface area contributed by atoms with Crippen LogP contribution in [0.1, 0.15) is 73.0 Å². The molecule has 2 saturated heterocycles. The number of urea groups is 1. The Hall–Kier alpha value is -7.09. The first-order chi connectivity index (χ1) is 31.9. The third-order valence-corrected chi connectivity index (χ3v) is 13.9. The molecule has 0 atom stereocenters. The van der Waals surface area contributed by atoms with Gasteiger partial charge in [0.05, 0.1) is 28.7 Å². The summed E-state index contributed by atoms with van der Waals surface area (Å²) in [6.07, 6.45) is 18.8. The van der Waals surface area contributed by atoms with Crippen molar-refractivity contribution in [3.8, 4) is 16.9 Å². The number of phenols is 1. The molecule has 7 heterocycles. The van der Waals surface area contributed by atoms with Crippen molar-refractivity contribution in [1.82, 2.24) is 44.5 Å². The Labute approximate surface area is 376 Å². The van der Waals surface area contributed by atoms with Gasteiger partial charge in [-0.25, -0.2) is 33.0 Å². The number of carbonyl (C=O) groups excluding carboxylic acids is 3. The van der Waals surface area contributed by atoms with Crippen molar-refractivity contribution in [3.05, 3.63) is 102 Å². The Morgan fingerprint density at radius 2 is 1.62 bits per heavy atom. The third kappa shape index (κ3) is 8.59. The van der Waals surface area contributed by atoms with Gasteiger partial charge >= 0.3 is 6.03 Å². The normalized spacial score (nSPS) is 20.9. The number of imide groups is 1. The first kappa shape index (κ1) is 44.1. The highest BCUT2D eigenvalue weighted by atomic mass is 19.2. The number of fused-ring (bicyclic) bond motifs is 5. The van der Waals surface area contributed by atoms with Gasteiger partial charge in [0.25, 0.3) is 12.4 Å². The molecule has 0 spiro atoms. The van der Waals surface area contributed by atoms with Crippen LogP contribution in [0.2, 0.25) is 0 Å². The molecule has 17 nitrogen and oxygen atoms in total. The molecule has 20 heteroatoms. The molecular formula is C46H48F3N11O6. The van der Waals surface area contributed by atoms with E-state index in [4.69, 9.17) is 24.9 Å². The van der Waals surface area contributed by atoms with Gasteiger partial charge in [-0.1, -0.05) is 6.07 Å². The molecule has 6 aromatic rings. The van der Waals surface area contributed by atoms with E-state index in [2.05, 4.69) is 43.9 Å². The number of pyridine rings is 2. The summed E-state index contributed by atoms with van der Waals surface area (Å²) in [5.41, 5.74) is 5.37. The summed E-state index contributed by atoms with van der Waals surface area (Å²) in [6, 6.07) is 8.26. The summed E-state index contributed by atoms with van der Waals surface area (Å²) in [7, 11) is 0. The van der Waals surface area contributed by atoms with Gasteiger partial charge in [-0.05, 0) is 98.7 Å². The van der Waals surface area contributed by atoms with Crippen LogP contribution in [0.4, 0.5) is 29.6 Å². The molecule has 2 bridgehead atoms. The van der Waals surface area contributed by atoms with E-state index in [9.17, 15) is 32.7 Å². The molecule has 4 N–H and O–H groups in total.